The van der Waals surface area contributed by atoms with Crippen molar-refractivity contribution in [1.29, 1.82) is 0 Å². The largest absolute Gasteiger partial charge is 0.508 e. The van der Waals surface area contributed by atoms with Gasteiger partial charge in [-0.25, -0.2) is 4.79 Å². The predicted octanol–water partition coefficient (Wildman–Crippen LogP) is 5.12. The third-order valence-corrected chi connectivity index (χ3v) is 4.67. The molecule has 1 aromatic heterocycles. The maximum absolute atomic E-state index is 11.9. The van der Waals surface area contributed by atoms with Gasteiger partial charge in [0, 0.05) is 24.4 Å². The molecule has 4 nitrogen and oxygen atoms in total. The molecule has 1 heterocycles. The molecule has 5 heteroatoms. The average Bonchev–Trinajstić information content (AvgIpc) is 3.12. The second kappa shape index (κ2) is 10.2. The molecule has 0 spiro atoms. The minimum atomic E-state index is -0.585. The normalized spacial score (nSPS) is 12.4. The van der Waals surface area contributed by atoms with Gasteiger partial charge < -0.3 is 14.4 Å². The lowest BCUT2D eigenvalue weighted by Crippen LogP contribution is -2.23. The zero-order chi connectivity index (χ0) is 18.1. The van der Waals surface area contributed by atoms with Gasteiger partial charge in [0.2, 0.25) is 0 Å². The van der Waals surface area contributed by atoms with Crippen LogP contribution in [0.3, 0.4) is 0 Å². The van der Waals surface area contributed by atoms with Crippen molar-refractivity contribution in [2.75, 3.05) is 20.2 Å². The first kappa shape index (κ1) is 19.5. The van der Waals surface area contributed by atoms with Crippen molar-refractivity contribution in [3.63, 3.8) is 0 Å². The van der Waals surface area contributed by atoms with Crippen molar-refractivity contribution in [1.82, 2.24) is 4.90 Å². The number of carbonyl (C=O) groups is 1. The molecule has 0 aliphatic heterocycles. The molecule has 0 aliphatic carbocycles. The number of ether oxygens (including phenoxy) is 2. The van der Waals surface area contributed by atoms with Crippen LogP contribution in [0.1, 0.15) is 36.8 Å². The topological polar surface area (TPSA) is 38.8 Å². The Bertz CT molecular complexity index is 613. The van der Waals surface area contributed by atoms with E-state index in [0.717, 1.165) is 24.4 Å². The molecule has 0 aliphatic rings. The molecule has 1 atom stereocenters. The lowest BCUT2D eigenvalue weighted by atomic mass is 10.2. The first-order valence-electron chi connectivity index (χ1n) is 8.64. The maximum Gasteiger partial charge on any atom is 0.508 e. The minimum absolute atomic E-state index is 0.266. The second-order valence-electron chi connectivity index (χ2n) is 6.59. The van der Waals surface area contributed by atoms with Crippen LogP contribution < -0.4 is 0 Å². The van der Waals surface area contributed by atoms with E-state index in [4.69, 9.17) is 9.47 Å². The van der Waals surface area contributed by atoms with Crippen LogP contribution in [0.5, 0.6) is 0 Å². The van der Waals surface area contributed by atoms with Gasteiger partial charge >= 0.3 is 6.16 Å². The number of carbonyl (C=O) groups excluding carboxylic acids is 1. The predicted molar refractivity (Wildman–Crippen MR) is 102 cm³/mol. The Morgan fingerprint density at radius 3 is 2.56 bits per heavy atom. The van der Waals surface area contributed by atoms with Gasteiger partial charge in [-0.05, 0) is 30.0 Å². The molecule has 2 aromatic rings. The SMILES string of the molecule is CC(C)COC(=O)O[C@@H](CCN(C)Cc1ccccc1)c1cccs1. The van der Waals surface area contributed by atoms with Crippen LogP contribution in [0.25, 0.3) is 0 Å². The number of thiophene rings is 1. The van der Waals surface area contributed by atoms with E-state index in [2.05, 4.69) is 24.1 Å². The van der Waals surface area contributed by atoms with Crippen molar-refractivity contribution in [2.24, 2.45) is 5.92 Å². The van der Waals surface area contributed by atoms with Gasteiger partial charge in [-0.3, -0.25) is 0 Å². The summed E-state index contributed by atoms with van der Waals surface area (Å²) in [7, 11) is 2.08. The number of rotatable bonds is 9. The minimum Gasteiger partial charge on any atom is -0.434 e. The van der Waals surface area contributed by atoms with Gasteiger partial charge in [-0.2, -0.15) is 0 Å². The van der Waals surface area contributed by atoms with Gasteiger partial charge in [-0.15, -0.1) is 11.3 Å². The van der Waals surface area contributed by atoms with Crippen LogP contribution in [0, 0.1) is 5.92 Å². The first-order chi connectivity index (χ1) is 12.0. The van der Waals surface area contributed by atoms with Gasteiger partial charge in [0.05, 0.1) is 6.61 Å². The maximum atomic E-state index is 11.9. The Balaban J connectivity index is 1.87. The zero-order valence-corrected chi connectivity index (χ0v) is 16.0. The van der Waals surface area contributed by atoms with E-state index in [0.29, 0.717) is 12.5 Å². The molecule has 0 radical (unpaired) electrons. The Morgan fingerprint density at radius 1 is 1.16 bits per heavy atom. The summed E-state index contributed by atoms with van der Waals surface area (Å²) in [5.41, 5.74) is 1.27. The van der Waals surface area contributed by atoms with Crippen molar-refractivity contribution in [3.05, 3.63) is 58.3 Å². The summed E-state index contributed by atoms with van der Waals surface area (Å²) in [6.45, 7) is 6.08. The highest BCUT2D eigenvalue weighted by atomic mass is 32.1. The molecule has 25 heavy (non-hydrogen) atoms. The number of nitrogens with zero attached hydrogens (tertiary/aromatic N) is 1. The molecule has 0 saturated heterocycles. The molecule has 0 N–H and O–H groups in total. The van der Waals surface area contributed by atoms with Crippen molar-refractivity contribution >= 4 is 17.5 Å². The van der Waals surface area contributed by atoms with E-state index in [-0.39, 0.29) is 6.10 Å². The highest BCUT2D eigenvalue weighted by molar-refractivity contribution is 7.10. The molecule has 0 saturated carbocycles. The number of hydrogen-bond donors (Lipinski definition) is 0. The van der Waals surface area contributed by atoms with E-state index in [1.54, 1.807) is 11.3 Å². The zero-order valence-electron chi connectivity index (χ0n) is 15.2. The fraction of sp³-hybridized carbons (Fsp3) is 0.450. The Labute approximate surface area is 154 Å². The van der Waals surface area contributed by atoms with E-state index in [1.165, 1.54) is 5.56 Å². The summed E-state index contributed by atoms with van der Waals surface area (Å²) >= 11 is 1.60. The van der Waals surface area contributed by atoms with Crippen LogP contribution in [0.15, 0.2) is 47.8 Å². The fourth-order valence-corrected chi connectivity index (χ4v) is 3.22. The van der Waals surface area contributed by atoms with Crippen LogP contribution in [-0.2, 0) is 16.0 Å². The average molecular weight is 362 g/mol. The van der Waals surface area contributed by atoms with E-state index >= 15 is 0 Å². The van der Waals surface area contributed by atoms with Crippen LogP contribution >= 0.6 is 11.3 Å². The molecule has 2 rings (SSSR count). The third-order valence-electron chi connectivity index (χ3n) is 3.70. The Hall–Kier alpha value is -1.85. The number of benzene rings is 1. The van der Waals surface area contributed by atoms with Crippen LogP contribution in [0.2, 0.25) is 0 Å². The van der Waals surface area contributed by atoms with E-state index < -0.39 is 6.16 Å². The summed E-state index contributed by atoms with van der Waals surface area (Å²) in [6, 6.07) is 14.3. The first-order valence-corrected chi connectivity index (χ1v) is 9.52. The summed E-state index contributed by atoms with van der Waals surface area (Å²) in [5.74, 6) is 0.296. The number of hydrogen-bond acceptors (Lipinski definition) is 5. The van der Waals surface area contributed by atoms with Gasteiger partial charge in [0.15, 0.2) is 0 Å². The lowest BCUT2D eigenvalue weighted by molar-refractivity contribution is 0.0128. The van der Waals surface area contributed by atoms with Crippen molar-refractivity contribution in [3.8, 4) is 0 Å². The molecular weight excluding hydrogens is 334 g/mol. The molecule has 0 bridgehead atoms. The fourth-order valence-electron chi connectivity index (χ4n) is 2.43. The molecular formula is C20H27NO3S. The van der Waals surface area contributed by atoms with Crippen molar-refractivity contribution in [2.45, 2.75) is 32.9 Å². The van der Waals surface area contributed by atoms with Crippen molar-refractivity contribution < 1.29 is 14.3 Å². The van der Waals surface area contributed by atoms with Crippen LogP contribution in [0.4, 0.5) is 4.79 Å². The Kier molecular flexibility index (Phi) is 7.95. The second-order valence-corrected chi connectivity index (χ2v) is 7.57. The third kappa shape index (κ3) is 7.28. The van der Waals surface area contributed by atoms with E-state index in [1.807, 2.05) is 49.6 Å². The summed E-state index contributed by atoms with van der Waals surface area (Å²) < 4.78 is 10.7. The quantitative estimate of drug-likeness (QED) is 0.581. The monoisotopic (exact) mass is 361 g/mol. The van der Waals surface area contributed by atoms with E-state index in [9.17, 15) is 4.79 Å². The summed E-state index contributed by atoms with van der Waals surface area (Å²) in [6.07, 6.45) is -0.114. The standard InChI is InChI=1S/C20H27NO3S/c1-16(2)15-23-20(22)24-18(19-10-7-13-25-19)11-12-21(3)14-17-8-5-4-6-9-17/h4-10,13,16,18H,11-12,14-15H2,1-3H3/t18-/m0/s1. The smallest absolute Gasteiger partial charge is 0.434 e. The lowest BCUT2D eigenvalue weighted by Gasteiger charge is -2.21. The van der Waals surface area contributed by atoms with Gasteiger partial charge in [0.1, 0.15) is 6.10 Å². The van der Waals surface area contributed by atoms with Gasteiger partial charge in [0.25, 0.3) is 0 Å². The molecule has 0 unspecified atom stereocenters. The van der Waals surface area contributed by atoms with Crippen LogP contribution in [-0.4, -0.2) is 31.3 Å². The molecule has 0 amide bonds. The van der Waals surface area contributed by atoms with Gasteiger partial charge in [-0.1, -0.05) is 50.2 Å². The highest BCUT2D eigenvalue weighted by Crippen LogP contribution is 2.26. The molecule has 0 fully saturated rings. The Morgan fingerprint density at radius 2 is 1.92 bits per heavy atom. The molecule has 136 valence electrons. The summed E-state index contributed by atoms with van der Waals surface area (Å²) in [5, 5.41) is 2.00. The summed E-state index contributed by atoms with van der Waals surface area (Å²) in [4.78, 5) is 15.2. The molecule has 1 aromatic carbocycles. The highest BCUT2D eigenvalue weighted by Gasteiger charge is 2.19.